The summed E-state index contributed by atoms with van der Waals surface area (Å²) in [7, 11) is 3.51. The number of carbonyl (C=O) groups is 1. The molecule has 0 aliphatic heterocycles. The first-order valence-corrected chi connectivity index (χ1v) is 10.9. The van der Waals surface area contributed by atoms with Gasteiger partial charge in [-0.05, 0) is 30.8 Å². The van der Waals surface area contributed by atoms with E-state index in [1.54, 1.807) is 42.2 Å². The largest absolute Gasteiger partial charge is 0.443 e. The Labute approximate surface area is 200 Å². The molecular weight excluding hydrogens is 458 g/mol. The first kappa shape index (κ1) is 23.6. The molecule has 1 unspecified atom stereocenters. The molecule has 1 aromatic carbocycles. The number of benzene rings is 1. The molecule has 4 rings (SSSR count). The van der Waals surface area contributed by atoms with Crippen LogP contribution in [-0.4, -0.2) is 44.0 Å². The van der Waals surface area contributed by atoms with E-state index in [1.807, 2.05) is 24.1 Å². The van der Waals surface area contributed by atoms with Gasteiger partial charge in [0.1, 0.15) is 17.4 Å². The van der Waals surface area contributed by atoms with E-state index in [9.17, 15) is 14.7 Å². The van der Waals surface area contributed by atoms with Crippen LogP contribution in [0.25, 0.3) is 11.1 Å². The smallest absolute Gasteiger partial charge is 0.254 e. The number of halogens is 1. The number of hydrogen-bond donors (Lipinski definition) is 2. The molecular formula is C24H24ClN5O4. The highest BCUT2D eigenvalue weighted by molar-refractivity contribution is 6.30. The van der Waals surface area contributed by atoms with Crippen LogP contribution in [0.1, 0.15) is 39.2 Å². The van der Waals surface area contributed by atoms with Gasteiger partial charge in [-0.2, -0.15) is 0 Å². The SMILES string of the molecule is CN(Cc1oc2c(c1Cc1ccc(Cl)cc1)c(=O)c(C(N)=O)cn2C)CC(O)c1ncccn1. The highest BCUT2D eigenvalue weighted by atomic mass is 35.5. The fraction of sp³-hybridized carbons (Fsp3) is 0.250. The number of likely N-dealkylation sites (N-methyl/N-ethyl adjacent to an activating group) is 1. The average Bonchev–Trinajstić information content (AvgIpc) is 3.16. The van der Waals surface area contributed by atoms with Gasteiger partial charge in [0.15, 0.2) is 5.82 Å². The van der Waals surface area contributed by atoms with Crippen LogP contribution in [0.4, 0.5) is 0 Å². The van der Waals surface area contributed by atoms with Crippen LogP contribution in [0.2, 0.25) is 5.02 Å². The fourth-order valence-electron chi connectivity index (χ4n) is 3.89. The number of aryl methyl sites for hydroxylation is 1. The summed E-state index contributed by atoms with van der Waals surface area (Å²) >= 11 is 6.03. The van der Waals surface area contributed by atoms with Crippen LogP contribution in [0.3, 0.4) is 0 Å². The maximum Gasteiger partial charge on any atom is 0.254 e. The van der Waals surface area contributed by atoms with E-state index >= 15 is 0 Å². The van der Waals surface area contributed by atoms with Crippen LogP contribution in [0, 0.1) is 0 Å². The summed E-state index contributed by atoms with van der Waals surface area (Å²) in [6.07, 6.45) is 4.01. The van der Waals surface area contributed by atoms with E-state index in [2.05, 4.69) is 9.97 Å². The number of aliphatic hydroxyl groups is 1. The maximum absolute atomic E-state index is 13.2. The predicted octanol–water partition coefficient (Wildman–Crippen LogP) is 2.43. The second-order valence-electron chi connectivity index (χ2n) is 8.15. The highest BCUT2D eigenvalue weighted by Crippen LogP contribution is 2.28. The van der Waals surface area contributed by atoms with Gasteiger partial charge in [-0.1, -0.05) is 23.7 Å². The fourth-order valence-corrected chi connectivity index (χ4v) is 4.02. The molecule has 1 atom stereocenters. The van der Waals surface area contributed by atoms with E-state index in [-0.39, 0.29) is 12.1 Å². The third kappa shape index (κ3) is 4.86. The summed E-state index contributed by atoms with van der Waals surface area (Å²) in [5.74, 6) is 0.0634. The molecule has 10 heteroatoms. The molecule has 0 bridgehead atoms. The standard InChI is InChI=1S/C24H24ClN5O4/c1-29(12-18(31)23-27-8-3-9-28-23)13-19-16(10-14-4-6-15(25)7-5-14)20-21(32)17(22(26)33)11-30(2)24(20)34-19/h3-9,11,18,31H,10,12-13H2,1-2H3,(H2,26,33). The first-order valence-electron chi connectivity index (χ1n) is 10.6. The third-order valence-electron chi connectivity index (χ3n) is 5.53. The van der Waals surface area contributed by atoms with Gasteiger partial charge in [0.25, 0.3) is 5.91 Å². The van der Waals surface area contributed by atoms with E-state index in [0.717, 1.165) is 5.56 Å². The summed E-state index contributed by atoms with van der Waals surface area (Å²) in [5.41, 5.74) is 6.78. The van der Waals surface area contributed by atoms with Gasteiger partial charge < -0.3 is 19.8 Å². The topological polar surface area (TPSA) is 127 Å². The molecule has 0 saturated heterocycles. The van der Waals surface area contributed by atoms with Crippen molar-refractivity contribution in [3.8, 4) is 0 Å². The number of nitrogens with zero attached hydrogens (tertiary/aromatic N) is 4. The normalized spacial score (nSPS) is 12.4. The van der Waals surface area contributed by atoms with Crippen molar-refractivity contribution in [3.63, 3.8) is 0 Å². The van der Waals surface area contributed by atoms with Crippen LogP contribution >= 0.6 is 11.6 Å². The molecule has 4 aromatic rings. The number of nitrogens with two attached hydrogens (primary N) is 1. The lowest BCUT2D eigenvalue weighted by Crippen LogP contribution is -2.25. The van der Waals surface area contributed by atoms with E-state index in [0.29, 0.717) is 46.2 Å². The number of pyridine rings is 1. The molecule has 0 fully saturated rings. The Balaban J connectivity index is 1.74. The number of amides is 1. The Kier molecular flexibility index (Phi) is 6.78. The van der Waals surface area contributed by atoms with Crippen LogP contribution in [0.5, 0.6) is 0 Å². The minimum atomic E-state index is -0.900. The molecule has 3 N–H and O–H groups in total. The average molecular weight is 482 g/mol. The molecule has 0 aliphatic carbocycles. The second kappa shape index (κ2) is 9.76. The number of aromatic nitrogens is 3. The third-order valence-corrected chi connectivity index (χ3v) is 5.78. The Hall–Kier alpha value is -3.53. The lowest BCUT2D eigenvalue weighted by molar-refractivity contribution is 0.0998. The number of carbonyl (C=O) groups excluding carboxylic acids is 1. The summed E-state index contributed by atoms with van der Waals surface area (Å²) in [6.45, 7) is 0.539. The zero-order chi connectivity index (χ0) is 24.4. The molecule has 0 radical (unpaired) electrons. The number of furan rings is 1. The zero-order valence-corrected chi connectivity index (χ0v) is 19.5. The van der Waals surface area contributed by atoms with Crippen LogP contribution < -0.4 is 11.2 Å². The van der Waals surface area contributed by atoms with Crippen molar-refractivity contribution in [2.75, 3.05) is 13.6 Å². The van der Waals surface area contributed by atoms with Crippen molar-refractivity contribution >= 4 is 28.6 Å². The minimum absolute atomic E-state index is 0.107. The molecule has 0 aliphatic rings. The van der Waals surface area contributed by atoms with Gasteiger partial charge in [0.2, 0.25) is 11.1 Å². The van der Waals surface area contributed by atoms with Crippen LogP contribution in [0.15, 0.2) is 58.1 Å². The Bertz CT molecular complexity index is 1380. The minimum Gasteiger partial charge on any atom is -0.443 e. The van der Waals surface area contributed by atoms with Gasteiger partial charge in [-0.25, -0.2) is 9.97 Å². The van der Waals surface area contributed by atoms with E-state index in [1.165, 1.54) is 6.20 Å². The first-order chi connectivity index (χ1) is 16.2. The Morgan fingerprint density at radius 2 is 1.94 bits per heavy atom. The molecule has 0 spiro atoms. The maximum atomic E-state index is 13.2. The van der Waals surface area contributed by atoms with Crippen molar-refractivity contribution in [3.05, 3.63) is 92.4 Å². The molecule has 3 aromatic heterocycles. The van der Waals surface area contributed by atoms with Gasteiger partial charge in [-0.15, -0.1) is 0 Å². The molecule has 176 valence electrons. The Morgan fingerprint density at radius 1 is 1.26 bits per heavy atom. The van der Waals surface area contributed by atoms with Gasteiger partial charge >= 0.3 is 0 Å². The van der Waals surface area contributed by atoms with Gasteiger partial charge in [0, 0.05) is 49.2 Å². The number of fused-ring (bicyclic) bond motifs is 1. The summed E-state index contributed by atoms with van der Waals surface area (Å²) in [6, 6.07) is 8.96. The van der Waals surface area contributed by atoms with Crippen molar-refractivity contribution < 1.29 is 14.3 Å². The lowest BCUT2D eigenvalue weighted by Gasteiger charge is -2.19. The van der Waals surface area contributed by atoms with Crippen molar-refractivity contribution in [2.45, 2.75) is 19.1 Å². The quantitative estimate of drug-likeness (QED) is 0.395. The number of primary amides is 1. The van der Waals surface area contributed by atoms with E-state index in [4.69, 9.17) is 21.8 Å². The molecule has 34 heavy (non-hydrogen) atoms. The Morgan fingerprint density at radius 3 is 2.59 bits per heavy atom. The summed E-state index contributed by atoms with van der Waals surface area (Å²) in [5, 5.41) is 11.4. The molecule has 9 nitrogen and oxygen atoms in total. The number of aliphatic hydroxyl groups excluding tert-OH is 1. The van der Waals surface area contributed by atoms with Crippen molar-refractivity contribution in [2.24, 2.45) is 12.8 Å². The van der Waals surface area contributed by atoms with Gasteiger partial charge in [-0.3, -0.25) is 14.5 Å². The highest BCUT2D eigenvalue weighted by Gasteiger charge is 2.24. The van der Waals surface area contributed by atoms with Gasteiger partial charge in [0.05, 0.1) is 11.9 Å². The summed E-state index contributed by atoms with van der Waals surface area (Å²) < 4.78 is 7.71. The van der Waals surface area contributed by atoms with E-state index < -0.39 is 17.4 Å². The molecule has 0 saturated carbocycles. The predicted molar refractivity (Wildman–Crippen MR) is 128 cm³/mol. The lowest BCUT2D eigenvalue weighted by atomic mass is 10.0. The van der Waals surface area contributed by atoms with Crippen LogP contribution in [-0.2, 0) is 20.0 Å². The second-order valence-corrected chi connectivity index (χ2v) is 8.59. The monoisotopic (exact) mass is 481 g/mol. The zero-order valence-electron chi connectivity index (χ0n) is 18.7. The molecule has 1 amide bonds. The van der Waals surface area contributed by atoms with Crippen molar-refractivity contribution in [1.29, 1.82) is 0 Å². The summed E-state index contributed by atoms with van der Waals surface area (Å²) in [4.78, 5) is 35.1. The number of hydrogen-bond acceptors (Lipinski definition) is 7. The molecule has 3 heterocycles. The van der Waals surface area contributed by atoms with Crippen molar-refractivity contribution in [1.82, 2.24) is 19.4 Å². The number of rotatable bonds is 8.